The third kappa shape index (κ3) is 2.96. The smallest absolute Gasteiger partial charge is 0.175 e. The third-order valence-corrected chi connectivity index (χ3v) is 2.93. The summed E-state index contributed by atoms with van der Waals surface area (Å²) < 4.78 is 22.2. The van der Waals surface area contributed by atoms with Crippen LogP contribution in [-0.4, -0.2) is 20.5 Å². The number of hydrogen-bond donors (Lipinski definition) is 0. The van der Waals surface area contributed by atoms with Gasteiger partial charge in [0.15, 0.2) is 9.84 Å². The Bertz CT molecular complexity index is 429. The molecule has 0 fully saturated rings. The first-order valence-corrected chi connectivity index (χ1v) is 6.07. The van der Waals surface area contributed by atoms with E-state index in [9.17, 15) is 13.2 Å². The van der Waals surface area contributed by atoms with E-state index in [2.05, 4.69) is 0 Å². The summed E-state index contributed by atoms with van der Waals surface area (Å²) in [6.07, 6.45) is 1.51. The fourth-order valence-corrected chi connectivity index (χ4v) is 1.77. The molecule has 0 N–H and O–H groups in total. The first kappa shape index (κ1) is 10.9. The molecule has 0 aromatic heterocycles. The summed E-state index contributed by atoms with van der Waals surface area (Å²) in [6, 6.07) is 6.37. The van der Waals surface area contributed by atoms with Crippen LogP contribution in [0.2, 0.25) is 0 Å². The minimum Gasteiger partial charge on any atom is -0.300 e. The molecule has 0 aliphatic heterocycles. The molecule has 0 heterocycles. The molecule has 0 bridgehead atoms. The molecule has 0 saturated heterocycles. The molecule has 1 rings (SSSR count). The van der Waals surface area contributed by atoms with Gasteiger partial charge >= 0.3 is 0 Å². The predicted molar refractivity (Wildman–Crippen MR) is 53.9 cm³/mol. The van der Waals surface area contributed by atoms with Crippen LogP contribution in [0.1, 0.15) is 12.5 Å². The Balaban J connectivity index is 2.95. The molecule has 1 aromatic carbocycles. The molecule has 0 spiro atoms. The number of carbonyl (C=O) groups is 1. The van der Waals surface area contributed by atoms with Crippen LogP contribution >= 0.6 is 0 Å². The van der Waals surface area contributed by atoms with Gasteiger partial charge in [-0.05, 0) is 24.6 Å². The lowest BCUT2D eigenvalue weighted by molar-refractivity contribution is -0.116. The lowest BCUT2D eigenvalue weighted by atomic mass is 10.1. The monoisotopic (exact) mass is 212 g/mol. The van der Waals surface area contributed by atoms with Crippen LogP contribution < -0.4 is 0 Å². The molecule has 0 aliphatic carbocycles. The van der Waals surface area contributed by atoms with Gasteiger partial charge in [-0.25, -0.2) is 8.42 Å². The second-order valence-electron chi connectivity index (χ2n) is 3.29. The Labute approximate surface area is 83.7 Å². The van der Waals surface area contributed by atoms with Crippen molar-refractivity contribution in [1.82, 2.24) is 0 Å². The second-order valence-corrected chi connectivity index (χ2v) is 5.31. The lowest BCUT2D eigenvalue weighted by Crippen LogP contribution is -1.99. The number of rotatable bonds is 3. The molecule has 0 radical (unpaired) electrons. The summed E-state index contributed by atoms with van der Waals surface area (Å²) in [5.41, 5.74) is 0.838. The van der Waals surface area contributed by atoms with Gasteiger partial charge < -0.3 is 0 Å². The molecule has 0 aliphatic rings. The SMILES string of the molecule is CC(=O)Cc1ccc(S(C)(=O)=O)cc1. The zero-order valence-electron chi connectivity index (χ0n) is 8.15. The van der Waals surface area contributed by atoms with Crippen LogP contribution in [0.15, 0.2) is 29.2 Å². The number of ketones is 1. The molecular formula is C10H12O3S. The number of sulfone groups is 1. The van der Waals surface area contributed by atoms with Crippen molar-refractivity contribution in [1.29, 1.82) is 0 Å². The van der Waals surface area contributed by atoms with Gasteiger partial charge in [0.2, 0.25) is 0 Å². The minimum atomic E-state index is -3.13. The van der Waals surface area contributed by atoms with Crippen molar-refractivity contribution in [3.63, 3.8) is 0 Å². The van der Waals surface area contributed by atoms with E-state index in [1.54, 1.807) is 12.1 Å². The average Bonchev–Trinajstić information content (AvgIpc) is 2.02. The van der Waals surface area contributed by atoms with Crippen LogP contribution in [0.5, 0.6) is 0 Å². The van der Waals surface area contributed by atoms with Crippen molar-refractivity contribution >= 4 is 15.6 Å². The molecule has 4 heteroatoms. The van der Waals surface area contributed by atoms with Gasteiger partial charge in [-0.3, -0.25) is 4.79 Å². The lowest BCUT2D eigenvalue weighted by Gasteiger charge is -2.00. The number of Topliss-reactive ketones (excluding diaryl/α,β-unsaturated/α-hetero) is 1. The summed E-state index contributed by atoms with van der Waals surface area (Å²) in [5, 5.41) is 0. The third-order valence-electron chi connectivity index (χ3n) is 1.80. The van der Waals surface area contributed by atoms with Gasteiger partial charge in [-0.1, -0.05) is 12.1 Å². The summed E-state index contributed by atoms with van der Waals surface area (Å²) in [4.78, 5) is 11.1. The van der Waals surface area contributed by atoms with Crippen LogP contribution in [0.25, 0.3) is 0 Å². The largest absolute Gasteiger partial charge is 0.300 e. The van der Waals surface area contributed by atoms with Crippen molar-refractivity contribution in [3.05, 3.63) is 29.8 Å². The van der Waals surface area contributed by atoms with Crippen molar-refractivity contribution in [3.8, 4) is 0 Å². The first-order valence-electron chi connectivity index (χ1n) is 4.18. The normalized spacial score (nSPS) is 11.3. The van der Waals surface area contributed by atoms with E-state index in [1.807, 2.05) is 0 Å². The van der Waals surface area contributed by atoms with E-state index in [-0.39, 0.29) is 10.7 Å². The molecule has 3 nitrogen and oxygen atoms in total. The zero-order chi connectivity index (χ0) is 10.8. The van der Waals surface area contributed by atoms with E-state index in [1.165, 1.54) is 19.1 Å². The summed E-state index contributed by atoms with van der Waals surface area (Å²) >= 11 is 0. The summed E-state index contributed by atoms with van der Waals surface area (Å²) in [6.45, 7) is 1.50. The minimum absolute atomic E-state index is 0.0668. The van der Waals surface area contributed by atoms with Gasteiger partial charge in [-0.2, -0.15) is 0 Å². The van der Waals surface area contributed by atoms with E-state index >= 15 is 0 Å². The standard InChI is InChI=1S/C10H12O3S/c1-8(11)7-9-3-5-10(6-4-9)14(2,12)13/h3-6H,7H2,1-2H3. The van der Waals surface area contributed by atoms with Crippen LogP contribution in [0.3, 0.4) is 0 Å². The van der Waals surface area contributed by atoms with Gasteiger partial charge in [-0.15, -0.1) is 0 Å². The molecular weight excluding hydrogens is 200 g/mol. The molecule has 14 heavy (non-hydrogen) atoms. The summed E-state index contributed by atoms with van der Waals surface area (Å²) in [5.74, 6) is 0.0668. The van der Waals surface area contributed by atoms with Gasteiger partial charge in [0.1, 0.15) is 5.78 Å². The van der Waals surface area contributed by atoms with Crippen LogP contribution in [0.4, 0.5) is 0 Å². The highest BCUT2D eigenvalue weighted by Gasteiger charge is 2.06. The Morgan fingerprint density at radius 3 is 2.07 bits per heavy atom. The topological polar surface area (TPSA) is 51.2 Å². The van der Waals surface area contributed by atoms with Crippen LogP contribution in [-0.2, 0) is 21.1 Å². The molecule has 0 amide bonds. The quantitative estimate of drug-likeness (QED) is 0.757. The number of hydrogen-bond acceptors (Lipinski definition) is 3. The number of benzene rings is 1. The Hall–Kier alpha value is -1.16. The average molecular weight is 212 g/mol. The Kier molecular flexibility index (Phi) is 3.06. The maximum absolute atomic E-state index is 11.1. The van der Waals surface area contributed by atoms with Crippen LogP contribution in [0, 0.1) is 0 Å². The fraction of sp³-hybridized carbons (Fsp3) is 0.300. The second kappa shape index (κ2) is 3.92. The first-order chi connectivity index (χ1) is 6.39. The predicted octanol–water partition coefficient (Wildman–Crippen LogP) is 1.22. The molecule has 1 aromatic rings. The maximum atomic E-state index is 11.1. The fourth-order valence-electron chi connectivity index (χ4n) is 1.14. The van der Waals surface area contributed by atoms with Gasteiger partial charge in [0, 0.05) is 12.7 Å². The Morgan fingerprint density at radius 1 is 1.21 bits per heavy atom. The summed E-state index contributed by atoms with van der Waals surface area (Å²) in [7, 11) is -3.13. The van der Waals surface area contributed by atoms with Gasteiger partial charge in [0.25, 0.3) is 0 Å². The van der Waals surface area contributed by atoms with Crippen molar-refractivity contribution in [2.75, 3.05) is 6.26 Å². The molecule has 76 valence electrons. The van der Waals surface area contributed by atoms with E-state index in [0.717, 1.165) is 11.8 Å². The van der Waals surface area contributed by atoms with E-state index in [0.29, 0.717) is 6.42 Å². The van der Waals surface area contributed by atoms with E-state index < -0.39 is 9.84 Å². The highest BCUT2D eigenvalue weighted by atomic mass is 32.2. The van der Waals surface area contributed by atoms with E-state index in [4.69, 9.17) is 0 Å². The van der Waals surface area contributed by atoms with Gasteiger partial charge in [0.05, 0.1) is 4.90 Å². The number of carbonyl (C=O) groups excluding carboxylic acids is 1. The maximum Gasteiger partial charge on any atom is 0.175 e. The highest BCUT2D eigenvalue weighted by Crippen LogP contribution is 2.10. The highest BCUT2D eigenvalue weighted by molar-refractivity contribution is 7.90. The Morgan fingerprint density at radius 2 is 1.71 bits per heavy atom. The van der Waals surface area contributed by atoms with Crippen molar-refractivity contribution < 1.29 is 13.2 Å². The zero-order valence-corrected chi connectivity index (χ0v) is 8.97. The molecule has 0 saturated carbocycles. The van der Waals surface area contributed by atoms with Crippen molar-refractivity contribution in [2.24, 2.45) is 0 Å². The molecule has 0 unspecified atom stereocenters. The van der Waals surface area contributed by atoms with Crippen molar-refractivity contribution in [2.45, 2.75) is 18.2 Å². The molecule has 0 atom stereocenters.